The first-order valence-electron chi connectivity index (χ1n) is 9.23. The minimum Gasteiger partial charge on any atom is -0.357 e. The number of nitrogens with zero attached hydrogens (tertiary/aromatic N) is 6. The Morgan fingerprint density at radius 1 is 1.04 bits per heavy atom. The SMILES string of the molecule is Cc1cc(N2Cc3nn(-c4ccc(N5CCCC5)nc4)cc3C2=O)ccn1. The predicted octanol–water partition coefficient (Wildman–Crippen LogP) is 2.73. The van der Waals surface area contributed by atoms with E-state index in [2.05, 4.69) is 20.0 Å². The van der Waals surface area contributed by atoms with Crippen LogP contribution < -0.4 is 9.80 Å². The standard InChI is InChI=1S/C20H20N6O/c1-14-10-15(6-7-21-14)25-13-18-17(20(25)27)12-26(23-18)16-4-5-19(22-11-16)24-8-2-3-9-24/h4-7,10-12H,2-3,8-9,13H2,1H3. The summed E-state index contributed by atoms with van der Waals surface area (Å²) >= 11 is 0. The molecule has 0 aromatic carbocycles. The lowest BCUT2D eigenvalue weighted by atomic mass is 10.3. The summed E-state index contributed by atoms with van der Waals surface area (Å²) in [6.07, 6.45) is 7.81. The van der Waals surface area contributed by atoms with Gasteiger partial charge in [-0.1, -0.05) is 0 Å². The molecule has 7 nitrogen and oxygen atoms in total. The van der Waals surface area contributed by atoms with Crippen molar-refractivity contribution in [1.82, 2.24) is 19.7 Å². The number of carbonyl (C=O) groups is 1. The van der Waals surface area contributed by atoms with Crippen LogP contribution in [0.1, 0.15) is 34.6 Å². The fraction of sp³-hybridized carbons (Fsp3) is 0.300. The van der Waals surface area contributed by atoms with E-state index in [1.165, 1.54) is 12.8 Å². The highest BCUT2D eigenvalue weighted by atomic mass is 16.2. The van der Waals surface area contributed by atoms with Crippen molar-refractivity contribution >= 4 is 17.4 Å². The van der Waals surface area contributed by atoms with Crippen molar-refractivity contribution in [2.45, 2.75) is 26.3 Å². The number of amides is 1. The summed E-state index contributed by atoms with van der Waals surface area (Å²) in [5.41, 5.74) is 4.05. The van der Waals surface area contributed by atoms with E-state index >= 15 is 0 Å². The number of aryl methyl sites for hydroxylation is 1. The van der Waals surface area contributed by atoms with E-state index < -0.39 is 0 Å². The second-order valence-electron chi connectivity index (χ2n) is 7.05. The van der Waals surface area contributed by atoms with Gasteiger partial charge in [0.2, 0.25) is 0 Å². The smallest absolute Gasteiger partial charge is 0.262 e. The Morgan fingerprint density at radius 2 is 1.89 bits per heavy atom. The molecule has 0 aliphatic carbocycles. The van der Waals surface area contributed by atoms with Gasteiger partial charge in [-0.3, -0.25) is 9.78 Å². The summed E-state index contributed by atoms with van der Waals surface area (Å²) in [6, 6.07) is 7.81. The van der Waals surface area contributed by atoms with Gasteiger partial charge in [0.15, 0.2) is 0 Å². The molecule has 27 heavy (non-hydrogen) atoms. The van der Waals surface area contributed by atoms with Gasteiger partial charge < -0.3 is 9.80 Å². The molecule has 0 N–H and O–H groups in total. The molecule has 5 heterocycles. The van der Waals surface area contributed by atoms with E-state index in [0.717, 1.165) is 41.7 Å². The average Bonchev–Trinajstić information content (AvgIpc) is 3.40. The number of rotatable bonds is 3. The second kappa shape index (κ2) is 6.19. The topological polar surface area (TPSA) is 67.2 Å². The van der Waals surface area contributed by atoms with Crippen LogP contribution in [0.15, 0.2) is 42.9 Å². The molecule has 0 atom stereocenters. The Morgan fingerprint density at radius 3 is 2.59 bits per heavy atom. The summed E-state index contributed by atoms with van der Waals surface area (Å²) in [4.78, 5) is 25.6. The van der Waals surface area contributed by atoms with Crippen molar-refractivity contribution in [3.8, 4) is 5.69 Å². The van der Waals surface area contributed by atoms with E-state index in [1.807, 2.05) is 37.4 Å². The molecule has 3 aromatic rings. The fourth-order valence-corrected chi connectivity index (χ4v) is 3.76. The Kier molecular flexibility index (Phi) is 3.67. The first-order chi connectivity index (χ1) is 13.2. The van der Waals surface area contributed by atoms with Crippen LogP contribution in [-0.2, 0) is 6.54 Å². The largest absolute Gasteiger partial charge is 0.357 e. The van der Waals surface area contributed by atoms with Gasteiger partial charge in [0.05, 0.1) is 29.7 Å². The van der Waals surface area contributed by atoms with Crippen molar-refractivity contribution in [1.29, 1.82) is 0 Å². The van der Waals surface area contributed by atoms with Gasteiger partial charge in [-0.15, -0.1) is 0 Å². The highest BCUT2D eigenvalue weighted by Crippen LogP contribution is 2.28. The highest BCUT2D eigenvalue weighted by molar-refractivity contribution is 6.09. The first-order valence-corrected chi connectivity index (χ1v) is 9.23. The minimum atomic E-state index is -0.0245. The number of hydrogen-bond acceptors (Lipinski definition) is 5. The Bertz CT molecular complexity index is 1000. The van der Waals surface area contributed by atoms with E-state index in [4.69, 9.17) is 0 Å². The fourth-order valence-electron chi connectivity index (χ4n) is 3.76. The zero-order chi connectivity index (χ0) is 18.4. The molecule has 2 aliphatic heterocycles. The molecule has 5 rings (SSSR count). The summed E-state index contributed by atoms with van der Waals surface area (Å²) in [7, 11) is 0. The maximum Gasteiger partial charge on any atom is 0.262 e. The molecule has 0 saturated carbocycles. The lowest BCUT2D eigenvalue weighted by molar-refractivity contribution is 0.0996. The third-order valence-corrected chi connectivity index (χ3v) is 5.19. The van der Waals surface area contributed by atoms with Crippen LogP contribution in [0.4, 0.5) is 11.5 Å². The Labute approximate surface area is 157 Å². The molecule has 2 aliphatic rings. The number of aromatic nitrogens is 4. The molecule has 7 heteroatoms. The second-order valence-corrected chi connectivity index (χ2v) is 7.05. The normalized spacial score (nSPS) is 16.3. The zero-order valence-corrected chi connectivity index (χ0v) is 15.2. The number of hydrogen-bond donors (Lipinski definition) is 0. The molecule has 0 unspecified atom stereocenters. The Hall–Kier alpha value is -3.22. The highest BCUT2D eigenvalue weighted by Gasteiger charge is 2.32. The average molecular weight is 360 g/mol. The molecule has 0 radical (unpaired) electrons. The van der Waals surface area contributed by atoms with Gasteiger partial charge in [-0.2, -0.15) is 5.10 Å². The summed E-state index contributed by atoms with van der Waals surface area (Å²) < 4.78 is 1.75. The minimum absolute atomic E-state index is 0.0245. The van der Waals surface area contributed by atoms with Gasteiger partial charge in [0.25, 0.3) is 5.91 Å². The molecular formula is C20H20N6O. The van der Waals surface area contributed by atoms with Gasteiger partial charge in [0, 0.05) is 36.9 Å². The molecular weight excluding hydrogens is 340 g/mol. The molecule has 1 fully saturated rings. The first kappa shape index (κ1) is 16.0. The summed E-state index contributed by atoms with van der Waals surface area (Å²) in [5.74, 6) is 0.981. The molecule has 1 saturated heterocycles. The number of anilines is 2. The predicted molar refractivity (Wildman–Crippen MR) is 102 cm³/mol. The van der Waals surface area contributed by atoms with Crippen molar-refractivity contribution in [3.63, 3.8) is 0 Å². The quantitative estimate of drug-likeness (QED) is 0.718. The molecule has 3 aromatic heterocycles. The summed E-state index contributed by atoms with van der Waals surface area (Å²) in [6.45, 7) is 4.54. The molecule has 136 valence electrons. The monoisotopic (exact) mass is 360 g/mol. The van der Waals surface area contributed by atoms with Crippen LogP contribution in [-0.4, -0.2) is 38.7 Å². The van der Waals surface area contributed by atoms with E-state index in [-0.39, 0.29) is 5.91 Å². The maximum atomic E-state index is 12.8. The van der Waals surface area contributed by atoms with Crippen LogP contribution in [0.3, 0.4) is 0 Å². The summed E-state index contributed by atoms with van der Waals surface area (Å²) in [5, 5.41) is 4.62. The van der Waals surface area contributed by atoms with Crippen molar-refractivity contribution in [3.05, 3.63) is 59.8 Å². The van der Waals surface area contributed by atoms with Gasteiger partial charge >= 0.3 is 0 Å². The number of carbonyl (C=O) groups excluding carboxylic acids is 1. The van der Waals surface area contributed by atoms with Crippen LogP contribution in [0.25, 0.3) is 5.69 Å². The lowest BCUT2D eigenvalue weighted by Crippen LogP contribution is -2.24. The zero-order valence-electron chi connectivity index (χ0n) is 15.2. The van der Waals surface area contributed by atoms with Crippen LogP contribution in [0, 0.1) is 6.92 Å². The van der Waals surface area contributed by atoms with Crippen LogP contribution in [0.5, 0.6) is 0 Å². The van der Waals surface area contributed by atoms with Gasteiger partial charge in [-0.25, -0.2) is 9.67 Å². The van der Waals surface area contributed by atoms with Crippen LogP contribution >= 0.6 is 0 Å². The van der Waals surface area contributed by atoms with Crippen LogP contribution in [0.2, 0.25) is 0 Å². The van der Waals surface area contributed by atoms with Gasteiger partial charge in [-0.05, 0) is 44.0 Å². The van der Waals surface area contributed by atoms with Crippen molar-refractivity contribution < 1.29 is 4.79 Å². The Balaban J connectivity index is 1.39. The maximum absolute atomic E-state index is 12.8. The van der Waals surface area contributed by atoms with E-state index in [9.17, 15) is 4.79 Å². The lowest BCUT2D eigenvalue weighted by Gasteiger charge is -2.17. The van der Waals surface area contributed by atoms with E-state index in [0.29, 0.717) is 12.1 Å². The molecule has 0 spiro atoms. The van der Waals surface area contributed by atoms with Crippen molar-refractivity contribution in [2.75, 3.05) is 22.9 Å². The van der Waals surface area contributed by atoms with Crippen molar-refractivity contribution in [2.24, 2.45) is 0 Å². The number of pyridine rings is 2. The number of fused-ring (bicyclic) bond motifs is 1. The molecule has 0 bridgehead atoms. The molecule has 1 amide bonds. The van der Waals surface area contributed by atoms with Gasteiger partial charge in [0.1, 0.15) is 5.82 Å². The third-order valence-electron chi connectivity index (χ3n) is 5.19. The third kappa shape index (κ3) is 2.75. The van der Waals surface area contributed by atoms with E-state index in [1.54, 1.807) is 22.0 Å².